The molecule has 5 heteroatoms. The summed E-state index contributed by atoms with van der Waals surface area (Å²) in [4.78, 5) is 4.34. The molecule has 2 aromatic rings. The van der Waals surface area contributed by atoms with Gasteiger partial charge >= 0.3 is 0 Å². The highest BCUT2D eigenvalue weighted by atomic mass is 16.5. The molecule has 1 unspecified atom stereocenters. The largest absolute Gasteiger partial charge is 0.494 e. The summed E-state index contributed by atoms with van der Waals surface area (Å²) in [5.74, 6) is 1.90. The molecule has 0 bridgehead atoms. The molecule has 0 fully saturated rings. The summed E-state index contributed by atoms with van der Waals surface area (Å²) in [6.07, 6.45) is 2.42. The minimum absolute atomic E-state index is 0.199. The van der Waals surface area contributed by atoms with Crippen molar-refractivity contribution in [2.24, 2.45) is 0 Å². The highest BCUT2D eigenvalue weighted by Gasteiger charge is 2.14. The van der Waals surface area contributed by atoms with E-state index in [0.29, 0.717) is 6.61 Å². The van der Waals surface area contributed by atoms with Gasteiger partial charge in [0.25, 0.3) is 0 Å². The fourth-order valence-electron chi connectivity index (χ4n) is 2.27. The summed E-state index contributed by atoms with van der Waals surface area (Å²) in [6, 6.07) is 8.39. The van der Waals surface area contributed by atoms with Crippen molar-refractivity contribution in [3.63, 3.8) is 0 Å². The van der Waals surface area contributed by atoms with Crippen LogP contribution in [0, 0.1) is 0 Å². The Balaban J connectivity index is 2.17. The molecule has 5 nitrogen and oxygen atoms in total. The van der Waals surface area contributed by atoms with Gasteiger partial charge in [0.1, 0.15) is 17.9 Å². The van der Waals surface area contributed by atoms with Crippen molar-refractivity contribution < 1.29 is 4.74 Å². The normalized spacial score (nSPS) is 12.3. The monoisotopic (exact) mass is 274 g/mol. The molecule has 20 heavy (non-hydrogen) atoms. The van der Waals surface area contributed by atoms with Gasteiger partial charge < -0.3 is 10.1 Å². The molecule has 108 valence electrons. The Morgan fingerprint density at radius 2 is 2.20 bits per heavy atom. The van der Waals surface area contributed by atoms with Crippen LogP contribution in [-0.4, -0.2) is 28.4 Å². The third-order valence-corrected chi connectivity index (χ3v) is 3.30. The van der Waals surface area contributed by atoms with Gasteiger partial charge in [0.15, 0.2) is 0 Å². The average molecular weight is 274 g/mol. The van der Waals surface area contributed by atoms with Gasteiger partial charge in [0.05, 0.1) is 6.61 Å². The Kier molecular flexibility index (Phi) is 5.12. The first-order chi connectivity index (χ1) is 9.78. The minimum atomic E-state index is 0.199. The van der Waals surface area contributed by atoms with E-state index in [9.17, 15) is 0 Å². The summed E-state index contributed by atoms with van der Waals surface area (Å²) < 4.78 is 7.49. The molecule has 0 aliphatic heterocycles. The van der Waals surface area contributed by atoms with Gasteiger partial charge in [0, 0.05) is 19.0 Å². The Bertz CT molecular complexity index is 538. The number of aryl methyl sites for hydroxylation is 1. The highest BCUT2D eigenvalue weighted by molar-refractivity contribution is 5.31. The highest BCUT2D eigenvalue weighted by Crippen LogP contribution is 2.21. The molecular formula is C15H22N4O. The molecule has 1 N–H and O–H groups in total. The third-order valence-electron chi connectivity index (χ3n) is 3.30. The molecule has 0 aliphatic rings. The molecular weight excluding hydrogens is 252 g/mol. The van der Waals surface area contributed by atoms with E-state index in [-0.39, 0.29) is 6.04 Å². The SMILES string of the molecule is CCOc1cccc(C(Cc2ncnn2CC)NC)c1. The van der Waals surface area contributed by atoms with Crippen LogP contribution in [0.1, 0.15) is 31.3 Å². The van der Waals surface area contributed by atoms with Crippen LogP contribution in [0.4, 0.5) is 0 Å². The van der Waals surface area contributed by atoms with Gasteiger partial charge in [-0.05, 0) is 38.6 Å². The second-order valence-corrected chi connectivity index (χ2v) is 4.54. The van der Waals surface area contributed by atoms with Crippen LogP contribution in [0.15, 0.2) is 30.6 Å². The molecule has 1 aromatic carbocycles. The topological polar surface area (TPSA) is 52.0 Å². The number of hydrogen-bond acceptors (Lipinski definition) is 4. The Hall–Kier alpha value is -1.88. The smallest absolute Gasteiger partial charge is 0.138 e. The maximum Gasteiger partial charge on any atom is 0.138 e. The van der Waals surface area contributed by atoms with Crippen molar-refractivity contribution in [2.75, 3.05) is 13.7 Å². The Labute approximate surface area is 120 Å². The fourth-order valence-corrected chi connectivity index (χ4v) is 2.27. The van der Waals surface area contributed by atoms with Crippen LogP contribution in [0.2, 0.25) is 0 Å². The maximum atomic E-state index is 5.56. The van der Waals surface area contributed by atoms with Crippen LogP contribution < -0.4 is 10.1 Å². The van der Waals surface area contributed by atoms with Crippen molar-refractivity contribution in [1.82, 2.24) is 20.1 Å². The molecule has 1 heterocycles. The number of likely N-dealkylation sites (N-methyl/N-ethyl adjacent to an activating group) is 1. The number of nitrogens with zero attached hydrogens (tertiary/aromatic N) is 3. The molecule has 0 amide bonds. The molecule has 0 aliphatic carbocycles. The molecule has 1 aromatic heterocycles. The van der Waals surface area contributed by atoms with Crippen molar-refractivity contribution in [3.05, 3.63) is 42.0 Å². The van der Waals surface area contributed by atoms with Crippen LogP contribution in [0.25, 0.3) is 0 Å². The summed E-state index contributed by atoms with van der Waals surface area (Å²) in [5, 5.41) is 7.56. The zero-order chi connectivity index (χ0) is 14.4. The number of aromatic nitrogens is 3. The van der Waals surface area contributed by atoms with E-state index in [1.54, 1.807) is 6.33 Å². The van der Waals surface area contributed by atoms with Gasteiger partial charge in [-0.25, -0.2) is 4.98 Å². The lowest BCUT2D eigenvalue weighted by Gasteiger charge is -2.17. The molecule has 0 radical (unpaired) electrons. The third kappa shape index (κ3) is 3.36. The van der Waals surface area contributed by atoms with E-state index in [4.69, 9.17) is 4.74 Å². The van der Waals surface area contributed by atoms with E-state index < -0.39 is 0 Å². The van der Waals surface area contributed by atoms with Crippen LogP contribution in [0.5, 0.6) is 5.75 Å². The Morgan fingerprint density at radius 3 is 2.90 bits per heavy atom. The Morgan fingerprint density at radius 1 is 1.35 bits per heavy atom. The standard InChI is InChI=1S/C15H22N4O/c1-4-19-15(17-11-18-19)10-14(16-3)12-7-6-8-13(9-12)20-5-2/h6-9,11,14,16H,4-5,10H2,1-3H3. The average Bonchev–Trinajstić information content (AvgIpc) is 2.92. The van der Waals surface area contributed by atoms with Crippen molar-refractivity contribution in [2.45, 2.75) is 32.9 Å². The van der Waals surface area contributed by atoms with E-state index in [2.05, 4.69) is 34.5 Å². The van der Waals surface area contributed by atoms with E-state index in [1.807, 2.05) is 30.8 Å². The second kappa shape index (κ2) is 7.05. The van der Waals surface area contributed by atoms with E-state index >= 15 is 0 Å². The number of nitrogens with one attached hydrogen (secondary N) is 1. The maximum absolute atomic E-state index is 5.56. The number of hydrogen-bond donors (Lipinski definition) is 1. The summed E-state index contributed by atoms with van der Waals surface area (Å²) >= 11 is 0. The van der Waals surface area contributed by atoms with Gasteiger partial charge in [-0.1, -0.05) is 12.1 Å². The van der Waals surface area contributed by atoms with Crippen molar-refractivity contribution in [3.8, 4) is 5.75 Å². The van der Waals surface area contributed by atoms with Crippen LogP contribution in [-0.2, 0) is 13.0 Å². The zero-order valence-corrected chi connectivity index (χ0v) is 12.3. The van der Waals surface area contributed by atoms with Gasteiger partial charge in [-0.15, -0.1) is 0 Å². The molecule has 0 saturated carbocycles. The molecule has 0 saturated heterocycles. The van der Waals surface area contributed by atoms with E-state index in [0.717, 1.165) is 24.5 Å². The van der Waals surface area contributed by atoms with Crippen LogP contribution in [0.3, 0.4) is 0 Å². The van der Waals surface area contributed by atoms with Gasteiger partial charge in [0.2, 0.25) is 0 Å². The quantitative estimate of drug-likeness (QED) is 0.841. The summed E-state index contributed by atoms with van der Waals surface area (Å²) in [5.41, 5.74) is 1.20. The number of benzene rings is 1. The lowest BCUT2D eigenvalue weighted by atomic mass is 10.0. The predicted molar refractivity (Wildman–Crippen MR) is 78.8 cm³/mol. The van der Waals surface area contributed by atoms with E-state index in [1.165, 1.54) is 5.56 Å². The first-order valence-electron chi connectivity index (χ1n) is 7.05. The number of ether oxygens (including phenoxy) is 1. The minimum Gasteiger partial charge on any atom is -0.494 e. The van der Waals surface area contributed by atoms with Crippen molar-refractivity contribution in [1.29, 1.82) is 0 Å². The lowest BCUT2D eigenvalue weighted by Crippen LogP contribution is -2.21. The zero-order valence-electron chi connectivity index (χ0n) is 12.3. The lowest BCUT2D eigenvalue weighted by molar-refractivity contribution is 0.339. The fraction of sp³-hybridized carbons (Fsp3) is 0.467. The van der Waals surface area contributed by atoms with Crippen LogP contribution >= 0.6 is 0 Å². The second-order valence-electron chi connectivity index (χ2n) is 4.54. The first kappa shape index (κ1) is 14.5. The predicted octanol–water partition coefficient (Wildman–Crippen LogP) is 2.20. The van der Waals surface area contributed by atoms with Crippen molar-refractivity contribution >= 4 is 0 Å². The molecule has 1 atom stereocenters. The van der Waals surface area contributed by atoms with Gasteiger partial charge in [-0.3, -0.25) is 4.68 Å². The molecule has 0 spiro atoms. The molecule has 2 rings (SSSR count). The first-order valence-corrected chi connectivity index (χ1v) is 7.05. The van der Waals surface area contributed by atoms with Gasteiger partial charge in [-0.2, -0.15) is 5.10 Å². The summed E-state index contributed by atoms with van der Waals surface area (Å²) in [6.45, 7) is 5.58. The number of rotatable bonds is 7. The summed E-state index contributed by atoms with van der Waals surface area (Å²) in [7, 11) is 1.96.